The zero-order valence-electron chi connectivity index (χ0n) is 14.6. The standard InChI is InChI=1S/C18H24BrN3O2/c1-18(2,3)24-17(23)22-7-5-6-12(11-22)15-9-14(19)8-13(10-20)16(15)21-4/h8-9,12,21H,5-7,11H2,1-4H3. The van der Waals surface area contributed by atoms with Crippen LogP contribution in [0.1, 0.15) is 50.7 Å². The topological polar surface area (TPSA) is 65.4 Å². The highest BCUT2D eigenvalue weighted by Gasteiger charge is 2.30. The molecular formula is C18H24BrN3O2. The van der Waals surface area contributed by atoms with E-state index >= 15 is 0 Å². The first-order valence-corrected chi connectivity index (χ1v) is 8.93. The van der Waals surface area contributed by atoms with Crippen molar-refractivity contribution in [2.45, 2.75) is 45.1 Å². The average Bonchev–Trinajstić information content (AvgIpc) is 2.52. The number of amides is 1. The molecule has 5 nitrogen and oxygen atoms in total. The van der Waals surface area contributed by atoms with Gasteiger partial charge in [-0.15, -0.1) is 0 Å². The van der Waals surface area contributed by atoms with E-state index in [-0.39, 0.29) is 12.0 Å². The molecule has 1 heterocycles. The number of hydrogen-bond acceptors (Lipinski definition) is 4. The van der Waals surface area contributed by atoms with Gasteiger partial charge in [0.05, 0.1) is 11.3 Å². The van der Waals surface area contributed by atoms with Gasteiger partial charge in [-0.1, -0.05) is 15.9 Å². The van der Waals surface area contributed by atoms with Gasteiger partial charge >= 0.3 is 6.09 Å². The Morgan fingerprint density at radius 3 is 2.75 bits per heavy atom. The van der Waals surface area contributed by atoms with Crippen LogP contribution in [0.15, 0.2) is 16.6 Å². The van der Waals surface area contributed by atoms with Crippen LogP contribution < -0.4 is 5.32 Å². The number of piperidine rings is 1. The number of ether oxygens (including phenoxy) is 1. The number of nitrogens with one attached hydrogen (secondary N) is 1. The number of nitriles is 1. The van der Waals surface area contributed by atoms with Gasteiger partial charge in [-0.3, -0.25) is 0 Å². The lowest BCUT2D eigenvalue weighted by atomic mass is 9.88. The molecule has 1 unspecified atom stereocenters. The van der Waals surface area contributed by atoms with Crippen LogP contribution in [0.2, 0.25) is 0 Å². The second-order valence-corrected chi connectivity index (χ2v) is 7.96. The van der Waals surface area contributed by atoms with E-state index in [9.17, 15) is 10.1 Å². The maximum atomic E-state index is 12.4. The summed E-state index contributed by atoms with van der Waals surface area (Å²) in [6.45, 7) is 6.93. The lowest BCUT2D eigenvalue weighted by molar-refractivity contribution is 0.0198. The van der Waals surface area contributed by atoms with Gasteiger partial charge in [-0.05, 0) is 51.3 Å². The smallest absolute Gasteiger partial charge is 0.410 e. The van der Waals surface area contributed by atoms with Crippen LogP contribution in [0, 0.1) is 11.3 Å². The minimum absolute atomic E-state index is 0.179. The molecule has 130 valence electrons. The molecule has 0 aromatic heterocycles. The Morgan fingerprint density at radius 2 is 2.17 bits per heavy atom. The van der Waals surface area contributed by atoms with Crippen molar-refractivity contribution in [1.82, 2.24) is 4.90 Å². The van der Waals surface area contributed by atoms with E-state index in [0.717, 1.165) is 28.6 Å². The molecule has 1 aliphatic heterocycles. The SMILES string of the molecule is CNc1c(C#N)cc(Br)cc1C1CCCN(C(=O)OC(C)(C)C)C1. The van der Waals surface area contributed by atoms with Crippen molar-refractivity contribution in [2.24, 2.45) is 0 Å². The molecule has 24 heavy (non-hydrogen) atoms. The van der Waals surface area contributed by atoms with Crippen LogP contribution in [0.25, 0.3) is 0 Å². The number of likely N-dealkylation sites (tertiary alicyclic amines) is 1. The third kappa shape index (κ3) is 4.41. The molecule has 1 amide bonds. The third-order valence-corrected chi connectivity index (χ3v) is 4.47. The summed E-state index contributed by atoms with van der Waals surface area (Å²) in [5.74, 6) is 0.179. The first kappa shape index (κ1) is 18.6. The summed E-state index contributed by atoms with van der Waals surface area (Å²) in [7, 11) is 1.82. The fraction of sp³-hybridized carbons (Fsp3) is 0.556. The Labute approximate surface area is 152 Å². The summed E-state index contributed by atoms with van der Waals surface area (Å²) < 4.78 is 6.37. The third-order valence-electron chi connectivity index (χ3n) is 4.02. The van der Waals surface area contributed by atoms with E-state index in [1.165, 1.54) is 0 Å². The molecule has 1 atom stereocenters. The molecule has 0 aliphatic carbocycles. The van der Waals surface area contributed by atoms with E-state index < -0.39 is 5.60 Å². The van der Waals surface area contributed by atoms with E-state index in [4.69, 9.17) is 4.74 Å². The second-order valence-electron chi connectivity index (χ2n) is 7.04. The number of carbonyl (C=O) groups excluding carboxylic acids is 1. The monoisotopic (exact) mass is 393 g/mol. The van der Waals surface area contributed by atoms with Gasteiger partial charge in [-0.25, -0.2) is 4.79 Å². The average molecular weight is 394 g/mol. The largest absolute Gasteiger partial charge is 0.444 e. The second kappa shape index (κ2) is 7.43. The Hall–Kier alpha value is -1.74. The Balaban J connectivity index is 2.26. The first-order valence-electron chi connectivity index (χ1n) is 8.14. The summed E-state index contributed by atoms with van der Waals surface area (Å²) in [5, 5.41) is 12.5. The molecular weight excluding hydrogens is 370 g/mol. The summed E-state index contributed by atoms with van der Waals surface area (Å²) >= 11 is 3.48. The maximum Gasteiger partial charge on any atom is 0.410 e. The van der Waals surface area contributed by atoms with Gasteiger partial charge in [0.1, 0.15) is 11.7 Å². The Morgan fingerprint density at radius 1 is 1.46 bits per heavy atom. The first-order chi connectivity index (χ1) is 11.2. The van der Waals surface area contributed by atoms with E-state index in [0.29, 0.717) is 18.7 Å². The van der Waals surface area contributed by atoms with Gasteiger partial charge in [0.15, 0.2) is 0 Å². The number of anilines is 1. The van der Waals surface area contributed by atoms with Crippen LogP contribution in [0.3, 0.4) is 0 Å². The molecule has 1 N–H and O–H groups in total. The van der Waals surface area contributed by atoms with Crippen LogP contribution in [0.5, 0.6) is 0 Å². The van der Waals surface area contributed by atoms with Crippen LogP contribution in [-0.4, -0.2) is 36.7 Å². The molecule has 1 aliphatic rings. The van der Waals surface area contributed by atoms with Crippen molar-refractivity contribution in [3.63, 3.8) is 0 Å². The maximum absolute atomic E-state index is 12.4. The van der Waals surface area contributed by atoms with E-state index in [1.807, 2.05) is 40.0 Å². The highest BCUT2D eigenvalue weighted by atomic mass is 79.9. The van der Waals surface area contributed by atoms with Gasteiger partial charge < -0.3 is 15.0 Å². The zero-order valence-corrected chi connectivity index (χ0v) is 16.2. The van der Waals surface area contributed by atoms with Crippen molar-refractivity contribution in [2.75, 3.05) is 25.5 Å². The van der Waals surface area contributed by atoms with E-state index in [1.54, 1.807) is 4.90 Å². The van der Waals surface area contributed by atoms with Crippen molar-refractivity contribution < 1.29 is 9.53 Å². The van der Waals surface area contributed by atoms with Crippen LogP contribution >= 0.6 is 15.9 Å². The number of nitrogens with zero attached hydrogens (tertiary/aromatic N) is 2. The molecule has 0 bridgehead atoms. The molecule has 1 fully saturated rings. The Bertz CT molecular complexity index is 661. The fourth-order valence-corrected chi connectivity index (χ4v) is 3.52. The van der Waals surface area contributed by atoms with E-state index in [2.05, 4.69) is 27.3 Å². The van der Waals surface area contributed by atoms with Crippen LogP contribution in [0.4, 0.5) is 10.5 Å². The van der Waals surface area contributed by atoms with Crippen molar-refractivity contribution in [3.8, 4) is 6.07 Å². The molecule has 0 radical (unpaired) electrons. The highest BCUT2D eigenvalue weighted by molar-refractivity contribution is 9.10. The minimum Gasteiger partial charge on any atom is -0.444 e. The van der Waals surface area contributed by atoms with Crippen molar-refractivity contribution in [3.05, 3.63) is 27.7 Å². The normalized spacial score (nSPS) is 18.0. The van der Waals surface area contributed by atoms with Gasteiger partial charge in [0, 0.05) is 30.5 Å². The molecule has 6 heteroatoms. The van der Waals surface area contributed by atoms with Crippen molar-refractivity contribution in [1.29, 1.82) is 5.26 Å². The van der Waals surface area contributed by atoms with Crippen LogP contribution in [-0.2, 0) is 4.74 Å². The number of rotatable bonds is 2. The fourth-order valence-electron chi connectivity index (χ4n) is 3.04. The van der Waals surface area contributed by atoms with Gasteiger partial charge in [0.2, 0.25) is 0 Å². The predicted octanol–water partition coefficient (Wildman–Crippen LogP) is 4.48. The highest BCUT2D eigenvalue weighted by Crippen LogP contribution is 2.36. The summed E-state index contributed by atoms with van der Waals surface area (Å²) in [4.78, 5) is 14.1. The summed E-state index contributed by atoms with van der Waals surface area (Å²) in [6.07, 6.45) is 1.63. The van der Waals surface area contributed by atoms with Crippen molar-refractivity contribution >= 4 is 27.7 Å². The minimum atomic E-state index is -0.496. The number of hydrogen-bond donors (Lipinski definition) is 1. The van der Waals surface area contributed by atoms with Gasteiger partial charge in [-0.2, -0.15) is 5.26 Å². The molecule has 0 saturated carbocycles. The molecule has 2 rings (SSSR count). The lowest BCUT2D eigenvalue weighted by Crippen LogP contribution is -2.42. The number of carbonyl (C=O) groups is 1. The molecule has 1 aromatic rings. The summed E-state index contributed by atoms with van der Waals surface area (Å²) in [6, 6.07) is 6.08. The molecule has 1 saturated heterocycles. The molecule has 1 aromatic carbocycles. The number of halogens is 1. The zero-order chi connectivity index (χ0) is 17.9. The lowest BCUT2D eigenvalue weighted by Gasteiger charge is -2.35. The summed E-state index contributed by atoms with van der Waals surface area (Å²) in [5.41, 5.74) is 2.02. The quantitative estimate of drug-likeness (QED) is 0.804. The Kier molecular flexibility index (Phi) is 5.76. The number of benzene rings is 1. The molecule has 0 spiro atoms. The predicted molar refractivity (Wildman–Crippen MR) is 98.2 cm³/mol. The van der Waals surface area contributed by atoms with Gasteiger partial charge in [0.25, 0.3) is 0 Å².